The number of nitrogens with two attached hydrogens (primary N) is 1. The maximum absolute atomic E-state index is 12.1. The smallest absolute Gasteiger partial charge is 0.369 e. The van der Waals surface area contributed by atoms with Crippen LogP contribution in [0.3, 0.4) is 0 Å². The molecule has 17 heavy (non-hydrogen) atoms. The SMILES string of the molecule is CC(OCCC(=O)N(C)CCCN)C(F)(F)F. The Balaban J connectivity index is 3.78. The lowest BCUT2D eigenvalue weighted by Crippen LogP contribution is -2.32. The number of ether oxygens (including phenoxy) is 1. The molecule has 102 valence electrons. The summed E-state index contributed by atoms with van der Waals surface area (Å²) in [7, 11) is 1.59. The first-order valence-corrected chi connectivity index (χ1v) is 5.41. The van der Waals surface area contributed by atoms with Crippen LogP contribution in [0.4, 0.5) is 13.2 Å². The van der Waals surface area contributed by atoms with Gasteiger partial charge in [-0.05, 0) is 19.9 Å². The van der Waals surface area contributed by atoms with E-state index < -0.39 is 12.3 Å². The second kappa shape index (κ2) is 7.50. The lowest BCUT2D eigenvalue weighted by molar-refractivity contribution is -0.214. The molecule has 0 heterocycles. The zero-order chi connectivity index (χ0) is 13.5. The molecule has 0 aliphatic carbocycles. The maximum Gasteiger partial charge on any atom is 0.414 e. The van der Waals surface area contributed by atoms with E-state index in [1.807, 2.05) is 0 Å². The van der Waals surface area contributed by atoms with Crippen molar-refractivity contribution in [3.63, 3.8) is 0 Å². The fourth-order valence-electron chi connectivity index (χ4n) is 1.06. The molecule has 0 bridgehead atoms. The monoisotopic (exact) mass is 256 g/mol. The van der Waals surface area contributed by atoms with Crippen LogP contribution in [0.5, 0.6) is 0 Å². The summed E-state index contributed by atoms with van der Waals surface area (Å²) in [4.78, 5) is 12.8. The molecule has 2 N–H and O–H groups in total. The number of carbonyl (C=O) groups is 1. The molecule has 0 aliphatic heterocycles. The first kappa shape index (κ1) is 16.2. The minimum Gasteiger partial charge on any atom is -0.369 e. The summed E-state index contributed by atoms with van der Waals surface area (Å²) in [5.41, 5.74) is 5.28. The van der Waals surface area contributed by atoms with Gasteiger partial charge in [0.05, 0.1) is 13.0 Å². The van der Waals surface area contributed by atoms with Crippen molar-refractivity contribution in [1.82, 2.24) is 4.90 Å². The van der Waals surface area contributed by atoms with E-state index in [4.69, 9.17) is 5.73 Å². The van der Waals surface area contributed by atoms with Crippen LogP contribution in [0.15, 0.2) is 0 Å². The van der Waals surface area contributed by atoms with Gasteiger partial charge < -0.3 is 15.4 Å². The third kappa shape index (κ3) is 7.17. The minimum atomic E-state index is -4.38. The standard InChI is InChI=1S/C10H19F3N2O2/c1-8(10(11,12)13)17-7-4-9(16)15(2)6-3-5-14/h8H,3-7,14H2,1-2H3. The van der Waals surface area contributed by atoms with Crippen LogP contribution >= 0.6 is 0 Å². The molecule has 0 saturated carbocycles. The van der Waals surface area contributed by atoms with E-state index >= 15 is 0 Å². The van der Waals surface area contributed by atoms with E-state index in [-0.39, 0.29) is 18.9 Å². The second-order valence-electron chi connectivity index (χ2n) is 3.76. The van der Waals surface area contributed by atoms with Crippen molar-refractivity contribution in [2.24, 2.45) is 5.73 Å². The van der Waals surface area contributed by atoms with Gasteiger partial charge in [-0.3, -0.25) is 4.79 Å². The van der Waals surface area contributed by atoms with Gasteiger partial charge in [0.2, 0.25) is 5.91 Å². The van der Waals surface area contributed by atoms with Crippen molar-refractivity contribution in [2.75, 3.05) is 26.7 Å². The number of halogens is 3. The summed E-state index contributed by atoms with van der Waals surface area (Å²) in [6, 6.07) is 0. The molecule has 4 nitrogen and oxygen atoms in total. The van der Waals surface area contributed by atoms with Crippen LogP contribution in [0.25, 0.3) is 0 Å². The van der Waals surface area contributed by atoms with E-state index in [0.29, 0.717) is 19.5 Å². The molecule has 0 spiro atoms. The molecule has 1 atom stereocenters. The van der Waals surface area contributed by atoms with Crippen LogP contribution in [-0.2, 0) is 9.53 Å². The number of hydrogen-bond acceptors (Lipinski definition) is 3. The van der Waals surface area contributed by atoms with Gasteiger partial charge in [0.25, 0.3) is 0 Å². The van der Waals surface area contributed by atoms with Gasteiger partial charge in [-0.25, -0.2) is 0 Å². The number of alkyl halides is 3. The first-order valence-electron chi connectivity index (χ1n) is 5.41. The topological polar surface area (TPSA) is 55.6 Å². The highest BCUT2D eigenvalue weighted by atomic mass is 19.4. The lowest BCUT2D eigenvalue weighted by Gasteiger charge is -2.19. The molecule has 0 aromatic heterocycles. The number of nitrogens with zero attached hydrogens (tertiary/aromatic N) is 1. The average Bonchev–Trinajstić information content (AvgIpc) is 2.24. The van der Waals surface area contributed by atoms with E-state index in [0.717, 1.165) is 6.92 Å². The molecule has 0 aromatic carbocycles. The van der Waals surface area contributed by atoms with Crippen molar-refractivity contribution >= 4 is 5.91 Å². The summed E-state index contributed by atoms with van der Waals surface area (Å²) in [5.74, 6) is -0.243. The Bertz CT molecular complexity index is 234. The molecule has 0 aromatic rings. The van der Waals surface area contributed by atoms with Gasteiger partial charge in [0.1, 0.15) is 0 Å². The third-order valence-corrected chi connectivity index (χ3v) is 2.27. The normalized spacial score (nSPS) is 13.5. The summed E-state index contributed by atoms with van der Waals surface area (Å²) >= 11 is 0. The molecular weight excluding hydrogens is 237 g/mol. The van der Waals surface area contributed by atoms with E-state index in [9.17, 15) is 18.0 Å². The minimum absolute atomic E-state index is 0.0541. The van der Waals surface area contributed by atoms with Crippen LogP contribution in [0.1, 0.15) is 19.8 Å². The number of amides is 1. The molecule has 0 rings (SSSR count). The lowest BCUT2D eigenvalue weighted by atomic mass is 10.3. The Morgan fingerprint density at radius 3 is 2.53 bits per heavy atom. The van der Waals surface area contributed by atoms with Gasteiger partial charge in [-0.15, -0.1) is 0 Å². The Labute approximate surface area is 98.9 Å². The predicted molar refractivity (Wildman–Crippen MR) is 57.4 cm³/mol. The fraction of sp³-hybridized carbons (Fsp3) is 0.900. The average molecular weight is 256 g/mol. The van der Waals surface area contributed by atoms with Gasteiger partial charge in [-0.2, -0.15) is 13.2 Å². The predicted octanol–water partition coefficient (Wildman–Crippen LogP) is 1.15. The molecule has 0 radical (unpaired) electrons. The number of hydrogen-bond donors (Lipinski definition) is 1. The highest BCUT2D eigenvalue weighted by Gasteiger charge is 2.36. The quantitative estimate of drug-likeness (QED) is 0.743. The summed E-state index contributed by atoms with van der Waals surface area (Å²) < 4.78 is 40.7. The zero-order valence-corrected chi connectivity index (χ0v) is 10.1. The molecule has 0 fully saturated rings. The summed E-state index contributed by atoms with van der Waals surface area (Å²) in [6.07, 6.45) is -5.61. The van der Waals surface area contributed by atoms with Crippen molar-refractivity contribution in [3.05, 3.63) is 0 Å². The van der Waals surface area contributed by atoms with Crippen molar-refractivity contribution in [1.29, 1.82) is 0 Å². The maximum atomic E-state index is 12.1. The molecule has 0 aliphatic rings. The van der Waals surface area contributed by atoms with Crippen molar-refractivity contribution in [2.45, 2.75) is 32.0 Å². The van der Waals surface area contributed by atoms with Gasteiger partial charge in [0.15, 0.2) is 6.10 Å². The van der Waals surface area contributed by atoms with Crippen LogP contribution < -0.4 is 5.73 Å². The molecule has 7 heteroatoms. The van der Waals surface area contributed by atoms with Crippen molar-refractivity contribution < 1.29 is 22.7 Å². The number of rotatable bonds is 7. The van der Waals surface area contributed by atoms with Gasteiger partial charge in [0, 0.05) is 13.6 Å². The zero-order valence-electron chi connectivity index (χ0n) is 10.1. The summed E-state index contributed by atoms with van der Waals surface area (Å²) in [5, 5.41) is 0. The molecule has 1 unspecified atom stereocenters. The second-order valence-corrected chi connectivity index (χ2v) is 3.76. The molecular formula is C10H19F3N2O2. The van der Waals surface area contributed by atoms with Crippen LogP contribution in [-0.4, -0.2) is 49.8 Å². The van der Waals surface area contributed by atoms with Gasteiger partial charge in [-0.1, -0.05) is 0 Å². The fourth-order valence-corrected chi connectivity index (χ4v) is 1.06. The Kier molecular flexibility index (Phi) is 7.13. The van der Waals surface area contributed by atoms with Crippen molar-refractivity contribution in [3.8, 4) is 0 Å². The van der Waals surface area contributed by atoms with Crippen LogP contribution in [0.2, 0.25) is 0 Å². The van der Waals surface area contributed by atoms with E-state index in [1.54, 1.807) is 7.05 Å². The first-order chi connectivity index (χ1) is 7.79. The van der Waals surface area contributed by atoms with Crippen LogP contribution in [0, 0.1) is 0 Å². The van der Waals surface area contributed by atoms with E-state index in [2.05, 4.69) is 4.74 Å². The number of carbonyl (C=O) groups excluding carboxylic acids is 1. The van der Waals surface area contributed by atoms with Gasteiger partial charge >= 0.3 is 6.18 Å². The Morgan fingerprint density at radius 1 is 1.47 bits per heavy atom. The largest absolute Gasteiger partial charge is 0.414 e. The third-order valence-electron chi connectivity index (χ3n) is 2.27. The molecule has 0 saturated heterocycles. The summed E-state index contributed by atoms with van der Waals surface area (Å²) in [6.45, 7) is 1.67. The Morgan fingerprint density at radius 2 is 2.06 bits per heavy atom. The highest BCUT2D eigenvalue weighted by molar-refractivity contribution is 5.75. The Hall–Kier alpha value is -0.820. The molecule has 1 amide bonds. The highest BCUT2D eigenvalue weighted by Crippen LogP contribution is 2.22. The van der Waals surface area contributed by atoms with E-state index in [1.165, 1.54) is 4.90 Å².